The maximum absolute atomic E-state index is 13.6. The van der Waals surface area contributed by atoms with E-state index in [2.05, 4.69) is 6.07 Å². The fourth-order valence-corrected chi connectivity index (χ4v) is 8.31. The second kappa shape index (κ2) is 5.67. The van der Waals surface area contributed by atoms with Crippen LogP contribution in [0.1, 0.15) is 31.9 Å². The summed E-state index contributed by atoms with van der Waals surface area (Å²) >= 11 is 0. The number of fused-ring (bicyclic) bond motifs is 3. The molecule has 4 atom stereocenters. The molecule has 5 heterocycles. The third-order valence-corrected chi connectivity index (χ3v) is 10.0. The molecule has 0 aromatic heterocycles. The highest BCUT2D eigenvalue weighted by Gasteiger charge is 2.74. The molecule has 1 unspecified atom stereocenters. The Kier molecular flexibility index (Phi) is 3.67. The molecular formula is C19H19N3O5S2. The number of carbonyl (C=O) groups is 2. The molecule has 4 saturated heterocycles. The van der Waals surface area contributed by atoms with Gasteiger partial charge in [0.2, 0.25) is 12.5 Å². The number of methoxy groups -OCH3 is 1. The number of amides is 2. The topological polar surface area (TPSA) is 92.1 Å². The van der Waals surface area contributed by atoms with E-state index in [1.165, 1.54) is 33.6 Å². The van der Waals surface area contributed by atoms with Gasteiger partial charge in [0.25, 0.3) is 11.8 Å². The molecule has 2 bridgehead atoms. The average molecular weight is 434 g/mol. The van der Waals surface area contributed by atoms with Crippen LogP contribution in [0.15, 0.2) is 12.1 Å². The number of nitriles is 1. The zero-order valence-corrected chi connectivity index (χ0v) is 18.0. The molecule has 8 nitrogen and oxygen atoms in total. The quantitative estimate of drug-likeness (QED) is 0.657. The van der Waals surface area contributed by atoms with E-state index in [-0.39, 0.29) is 25.0 Å². The van der Waals surface area contributed by atoms with Crippen molar-refractivity contribution in [2.24, 2.45) is 5.41 Å². The van der Waals surface area contributed by atoms with Gasteiger partial charge >= 0.3 is 0 Å². The Morgan fingerprint density at radius 3 is 2.69 bits per heavy atom. The van der Waals surface area contributed by atoms with Crippen LogP contribution < -0.4 is 14.2 Å². The summed E-state index contributed by atoms with van der Waals surface area (Å²) in [6.07, 6.45) is 0.251. The first-order valence-electron chi connectivity index (χ1n) is 9.09. The Labute approximate surface area is 175 Å². The predicted octanol–water partition coefficient (Wildman–Crippen LogP) is 2.51. The van der Waals surface area contributed by atoms with Crippen LogP contribution in [-0.4, -0.2) is 52.3 Å². The maximum Gasteiger partial charge on any atom is 0.261 e. The van der Waals surface area contributed by atoms with E-state index in [9.17, 15) is 14.9 Å². The summed E-state index contributed by atoms with van der Waals surface area (Å²) in [6.45, 7) is 3.65. The van der Waals surface area contributed by atoms with Crippen LogP contribution in [-0.2, 0) is 9.59 Å². The third kappa shape index (κ3) is 2.07. The molecule has 1 spiro atoms. The Hall–Kier alpha value is -2.25. The minimum Gasteiger partial charge on any atom is -0.493 e. The van der Waals surface area contributed by atoms with Crippen molar-refractivity contribution in [2.45, 2.75) is 36.1 Å². The predicted molar refractivity (Wildman–Crippen MR) is 106 cm³/mol. The minimum atomic E-state index is -1.10. The summed E-state index contributed by atoms with van der Waals surface area (Å²) in [5.41, 5.74) is -0.272. The van der Waals surface area contributed by atoms with Crippen LogP contribution >= 0.6 is 21.6 Å². The summed E-state index contributed by atoms with van der Waals surface area (Å²) in [5, 5.41) is 10.1. The van der Waals surface area contributed by atoms with Gasteiger partial charge in [-0.3, -0.25) is 9.59 Å². The molecular weight excluding hydrogens is 414 g/mol. The van der Waals surface area contributed by atoms with Crippen molar-refractivity contribution in [2.75, 3.05) is 21.0 Å². The molecule has 6 rings (SSSR count). The van der Waals surface area contributed by atoms with Gasteiger partial charge < -0.3 is 24.0 Å². The van der Waals surface area contributed by atoms with Gasteiger partial charge in [0.15, 0.2) is 21.2 Å². The lowest BCUT2D eigenvalue weighted by atomic mass is 9.79. The third-order valence-electron chi connectivity index (χ3n) is 6.35. The molecule has 10 heteroatoms. The zero-order chi connectivity index (χ0) is 20.8. The van der Waals surface area contributed by atoms with Crippen LogP contribution in [0.4, 0.5) is 0 Å². The molecule has 29 heavy (non-hydrogen) atoms. The van der Waals surface area contributed by atoms with Crippen molar-refractivity contribution in [1.29, 1.82) is 5.26 Å². The number of hydrogen-bond acceptors (Lipinski definition) is 8. The highest BCUT2D eigenvalue weighted by atomic mass is 33.1. The van der Waals surface area contributed by atoms with Gasteiger partial charge in [-0.15, -0.1) is 0 Å². The number of benzene rings is 1. The van der Waals surface area contributed by atoms with E-state index in [1.54, 1.807) is 31.0 Å². The average Bonchev–Trinajstić information content (AvgIpc) is 3.29. The standard InChI is InChI=1S/C19H19N3O5S2/c1-17(8-20)7-19-16(24)21(3)18(2,28-29-19)15(23)22(19)14(17)10-5-11(25-4)13-12(6-10)26-9-27-13/h5-6,14H,7,9H2,1-4H3/t14-,17+,18?,19-/m0/s1. The number of likely N-dealkylation sites (N-methyl/N-ethyl adjacent to an activating group) is 1. The smallest absolute Gasteiger partial charge is 0.261 e. The van der Waals surface area contributed by atoms with Crippen LogP contribution in [0.3, 0.4) is 0 Å². The SMILES string of the molecule is COc1cc([C@@H]2N3C(=O)C4(C)SS[C@@]3(C[C@]2(C)C#N)C(=O)N4C)cc2c1OCO2. The fraction of sp³-hybridized carbons (Fsp3) is 0.526. The first-order valence-corrected chi connectivity index (χ1v) is 11.2. The Bertz CT molecular complexity index is 1010. The second-order valence-corrected chi connectivity index (χ2v) is 10.8. The lowest BCUT2D eigenvalue weighted by molar-refractivity contribution is -0.164. The summed E-state index contributed by atoms with van der Waals surface area (Å²) in [5.74, 6) is 1.18. The van der Waals surface area contributed by atoms with Gasteiger partial charge in [0.05, 0.1) is 24.6 Å². The van der Waals surface area contributed by atoms with Crippen LogP contribution in [0.2, 0.25) is 0 Å². The van der Waals surface area contributed by atoms with E-state index < -0.39 is 21.2 Å². The van der Waals surface area contributed by atoms with Gasteiger partial charge in [-0.25, -0.2) is 0 Å². The Morgan fingerprint density at radius 1 is 1.24 bits per heavy atom. The van der Waals surface area contributed by atoms with Gasteiger partial charge in [0, 0.05) is 13.5 Å². The van der Waals surface area contributed by atoms with Crippen molar-refractivity contribution in [1.82, 2.24) is 9.80 Å². The van der Waals surface area contributed by atoms with Gasteiger partial charge in [-0.2, -0.15) is 5.26 Å². The summed E-state index contributed by atoms with van der Waals surface area (Å²) in [4.78, 5) is 28.0. The first-order chi connectivity index (χ1) is 13.7. The van der Waals surface area contributed by atoms with E-state index in [4.69, 9.17) is 14.2 Å². The van der Waals surface area contributed by atoms with Crippen LogP contribution in [0, 0.1) is 16.7 Å². The number of nitrogens with zero attached hydrogens (tertiary/aromatic N) is 3. The number of ether oxygens (including phenoxy) is 3. The highest BCUT2D eigenvalue weighted by Crippen LogP contribution is 2.69. The molecule has 0 saturated carbocycles. The molecule has 1 aromatic carbocycles. The molecule has 1 aromatic rings. The van der Waals surface area contributed by atoms with Gasteiger partial charge in [0.1, 0.15) is 0 Å². The molecule has 152 valence electrons. The van der Waals surface area contributed by atoms with E-state index in [0.717, 1.165) is 0 Å². The Morgan fingerprint density at radius 2 is 2.00 bits per heavy atom. The van der Waals surface area contributed by atoms with Crippen molar-refractivity contribution in [3.8, 4) is 23.3 Å². The van der Waals surface area contributed by atoms with E-state index >= 15 is 0 Å². The summed E-state index contributed by atoms with van der Waals surface area (Å²) in [6, 6.07) is 5.34. The normalized spacial score (nSPS) is 37.0. The molecule has 2 amide bonds. The number of piperazine rings is 1. The largest absolute Gasteiger partial charge is 0.493 e. The molecule has 0 aliphatic carbocycles. The zero-order valence-electron chi connectivity index (χ0n) is 16.3. The van der Waals surface area contributed by atoms with E-state index in [1.807, 2.05) is 6.92 Å². The van der Waals surface area contributed by atoms with E-state index in [0.29, 0.717) is 22.8 Å². The number of carbonyl (C=O) groups excluding carboxylic acids is 2. The van der Waals surface area contributed by atoms with Crippen molar-refractivity contribution >= 4 is 33.4 Å². The van der Waals surface area contributed by atoms with Crippen molar-refractivity contribution in [3.63, 3.8) is 0 Å². The van der Waals surface area contributed by atoms with Crippen molar-refractivity contribution in [3.05, 3.63) is 17.7 Å². The summed E-state index contributed by atoms with van der Waals surface area (Å²) < 4.78 is 16.5. The Balaban J connectivity index is 1.73. The van der Waals surface area contributed by atoms with Crippen molar-refractivity contribution < 1.29 is 23.8 Å². The summed E-state index contributed by atoms with van der Waals surface area (Å²) in [7, 11) is 5.97. The molecule has 5 aliphatic heterocycles. The fourth-order valence-electron chi connectivity index (χ4n) is 4.73. The van der Waals surface area contributed by atoms with Gasteiger partial charge in [-0.1, -0.05) is 21.6 Å². The highest BCUT2D eigenvalue weighted by molar-refractivity contribution is 8.78. The molecule has 4 fully saturated rings. The molecule has 0 radical (unpaired) electrons. The lowest BCUT2D eigenvalue weighted by Crippen LogP contribution is -2.73. The number of hydrogen-bond donors (Lipinski definition) is 0. The monoisotopic (exact) mass is 433 g/mol. The maximum atomic E-state index is 13.6. The second-order valence-electron chi connectivity index (χ2n) is 8.04. The molecule has 0 N–H and O–H groups in total. The van der Waals surface area contributed by atoms with Crippen LogP contribution in [0.25, 0.3) is 0 Å². The van der Waals surface area contributed by atoms with Crippen LogP contribution in [0.5, 0.6) is 17.2 Å². The molecule has 5 aliphatic rings. The number of rotatable bonds is 2. The minimum absolute atomic E-state index is 0.0791. The first kappa shape index (κ1) is 18.8. The van der Waals surface area contributed by atoms with Gasteiger partial charge in [-0.05, 0) is 31.5 Å². The lowest BCUT2D eigenvalue weighted by Gasteiger charge is -2.57.